The Balaban J connectivity index is 1.69. The van der Waals surface area contributed by atoms with Crippen LogP contribution in [0.5, 0.6) is 0 Å². The van der Waals surface area contributed by atoms with Crippen LogP contribution in [-0.4, -0.2) is 38.1 Å². The zero-order valence-electron chi connectivity index (χ0n) is 13.3. The van der Waals surface area contributed by atoms with Gasteiger partial charge in [-0.1, -0.05) is 19.1 Å². The summed E-state index contributed by atoms with van der Waals surface area (Å²) in [6.45, 7) is 3.93. The fourth-order valence-corrected chi connectivity index (χ4v) is 2.69. The Morgan fingerprint density at radius 1 is 1.22 bits per heavy atom. The normalized spacial score (nSPS) is 16.6. The summed E-state index contributed by atoms with van der Waals surface area (Å²) in [7, 11) is 0. The van der Waals surface area contributed by atoms with Crippen molar-refractivity contribution in [3.8, 4) is 0 Å². The molecule has 1 unspecified atom stereocenters. The largest absolute Gasteiger partial charge is 0.381 e. The molecule has 0 bridgehead atoms. The number of rotatable bonds is 6. The quantitative estimate of drug-likeness (QED) is 0.784. The highest BCUT2D eigenvalue weighted by molar-refractivity contribution is 5.94. The monoisotopic (exact) mass is 322 g/mol. The maximum absolute atomic E-state index is 13.4. The molecule has 1 heterocycles. The number of carbonyl (C=O) groups excluding carboxylic acids is 2. The summed E-state index contributed by atoms with van der Waals surface area (Å²) in [6, 6.07) is 5.81. The van der Waals surface area contributed by atoms with Gasteiger partial charge in [-0.2, -0.15) is 0 Å². The molecule has 1 saturated heterocycles. The number of halogens is 1. The zero-order valence-corrected chi connectivity index (χ0v) is 13.3. The maximum atomic E-state index is 13.4. The summed E-state index contributed by atoms with van der Waals surface area (Å²) in [6.07, 6.45) is 1.80. The van der Waals surface area contributed by atoms with Gasteiger partial charge >= 0.3 is 0 Å². The fourth-order valence-electron chi connectivity index (χ4n) is 2.69. The molecule has 23 heavy (non-hydrogen) atoms. The van der Waals surface area contributed by atoms with Gasteiger partial charge in [-0.05, 0) is 30.9 Å². The van der Waals surface area contributed by atoms with Gasteiger partial charge in [0.1, 0.15) is 5.82 Å². The van der Waals surface area contributed by atoms with Crippen LogP contribution in [0, 0.1) is 17.7 Å². The predicted molar refractivity (Wildman–Crippen MR) is 84.4 cm³/mol. The molecule has 0 spiro atoms. The van der Waals surface area contributed by atoms with Crippen molar-refractivity contribution >= 4 is 11.8 Å². The molecule has 2 rings (SSSR count). The number of hydrogen-bond acceptors (Lipinski definition) is 3. The van der Waals surface area contributed by atoms with Crippen LogP contribution in [0.2, 0.25) is 0 Å². The molecular formula is C17H23FN2O3. The van der Waals surface area contributed by atoms with Crippen LogP contribution in [0.1, 0.15) is 30.1 Å². The molecule has 0 aromatic heterocycles. The second kappa shape index (κ2) is 8.62. The average Bonchev–Trinajstić information content (AvgIpc) is 2.58. The van der Waals surface area contributed by atoms with Crippen molar-refractivity contribution in [3.63, 3.8) is 0 Å². The van der Waals surface area contributed by atoms with E-state index in [-0.39, 0.29) is 23.9 Å². The molecule has 0 saturated carbocycles. The first-order chi connectivity index (χ1) is 11.1. The number of benzene rings is 1. The summed E-state index contributed by atoms with van der Waals surface area (Å²) >= 11 is 0. The molecule has 0 aliphatic carbocycles. The summed E-state index contributed by atoms with van der Waals surface area (Å²) in [5, 5.41) is 5.41. The fraction of sp³-hybridized carbons (Fsp3) is 0.529. The lowest BCUT2D eigenvalue weighted by atomic mass is 9.87. The van der Waals surface area contributed by atoms with Crippen LogP contribution in [0.4, 0.5) is 4.39 Å². The van der Waals surface area contributed by atoms with Crippen LogP contribution in [0.3, 0.4) is 0 Å². The lowest BCUT2D eigenvalue weighted by Crippen LogP contribution is -2.39. The Bertz CT molecular complexity index is 544. The van der Waals surface area contributed by atoms with E-state index in [1.54, 1.807) is 6.07 Å². The third-order valence-corrected chi connectivity index (χ3v) is 4.21. The molecule has 2 N–H and O–H groups in total. The Morgan fingerprint density at radius 3 is 2.57 bits per heavy atom. The van der Waals surface area contributed by atoms with Gasteiger partial charge in [-0.25, -0.2) is 4.39 Å². The Hall–Kier alpha value is -1.95. The second-order valence-corrected chi connectivity index (χ2v) is 5.77. The van der Waals surface area contributed by atoms with Crippen LogP contribution in [0.25, 0.3) is 0 Å². The SMILES string of the molecule is CC(C(=O)NCCNC(=O)c1ccccc1F)C1CCOCC1. The van der Waals surface area contributed by atoms with Crippen molar-refractivity contribution in [2.75, 3.05) is 26.3 Å². The summed E-state index contributed by atoms with van der Waals surface area (Å²) < 4.78 is 18.7. The number of carbonyl (C=O) groups is 2. The molecule has 1 fully saturated rings. The van der Waals surface area contributed by atoms with E-state index in [1.807, 2.05) is 6.92 Å². The number of nitrogens with one attached hydrogen (secondary N) is 2. The molecule has 5 nitrogen and oxygen atoms in total. The second-order valence-electron chi connectivity index (χ2n) is 5.77. The molecule has 0 radical (unpaired) electrons. The molecule has 1 aliphatic rings. The highest BCUT2D eigenvalue weighted by Crippen LogP contribution is 2.23. The van der Waals surface area contributed by atoms with Gasteiger partial charge in [0.2, 0.25) is 5.91 Å². The first-order valence-corrected chi connectivity index (χ1v) is 7.97. The van der Waals surface area contributed by atoms with Gasteiger partial charge in [0.25, 0.3) is 5.91 Å². The van der Waals surface area contributed by atoms with Gasteiger partial charge in [0, 0.05) is 32.2 Å². The minimum Gasteiger partial charge on any atom is -0.381 e. The molecule has 126 valence electrons. The van der Waals surface area contributed by atoms with E-state index in [1.165, 1.54) is 18.2 Å². The number of hydrogen-bond donors (Lipinski definition) is 2. The van der Waals surface area contributed by atoms with Crippen molar-refractivity contribution in [3.05, 3.63) is 35.6 Å². The molecule has 1 aromatic rings. The van der Waals surface area contributed by atoms with Crippen LogP contribution >= 0.6 is 0 Å². The highest BCUT2D eigenvalue weighted by Gasteiger charge is 2.25. The van der Waals surface area contributed by atoms with E-state index < -0.39 is 11.7 Å². The molecule has 1 atom stereocenters. The summed E-state index contributed by atoms with van der Waals surface area (Å²) in [5.41, 5.74) is 0.00870. The minimum atomic E-state index is -0.554. The van der Waals surface area contributed by atoms with Crippen LogP contribution < -0.4 is 10.6 Å². The number of amides is 2. The van der Waals surface area contributed by atoms with Crippen LogP contribution in [0.15, 0.2) is 24.3 Å². The minimum absolute atomic E-state index is 0.00870. The third-order valence-electron chi connectivity index (χ3n) is 4.21. The molecule has 1 aromatic carbocycles. The topological polar surface area (TPSA) is 67.4 Å². The van der Waals surface area contributed by atoms with Crippen molar-refractivity contribution in [2.24, 2.45) is 11.8 Å². The van der Waals surface area contributed by atoms with Crippen LogP contribution in [-0.2, 0) is 9.53 Å². The van der Waals surface area contributed by atoms with E-state index in [9.17, 15) is 14.0 Å². The standard InChI is InChI=1S/C17H23FN2O3/c1-12(13-6-10-23-11-7-13)16(21)19-8-9-20-17(22)14-4-2-3-5-15(14)18/h2-5,12-13H,6-11H2,1H3,(H,19,21)(H,20,22). The maximum Gasteiger partial charge on any atom is 0.254 e. The molecule has 1 aliphatic heterocycles. The van der Waals surface area contributed by atoms with Gasteiger partial charge in [-0.3, -0.25) is 9.59 Å². The molecule has 6 heteroatoms. The van der Waals surface area contributed by atoms with E-state index in [2.05, 4.69) is 10.6 Å². The van der Waals surface area contributed by atoms with Gasteiger partial charge < -0.3 is 15.4 Å². The van der Waals surface area contributed by atoms with Crippen molar-refractivity contribution < 1.29 is 18.7 Å². The lowest BCUT2D eigenvalue weighted by Gasteiger charge is -2.26. The van der Waals surface area contributed by atoms with E-state index in [4.69, 9.17) is 4.74 Å². The van der Waals surface area contributed by atoms with E-state index in [0.29, 0.717) is 25.7 Å². The summed E-state index contributed by atoms with van der Waals surface area (Å²) in [5.74, 6) is -0.771. The first kappa shape index (κ1) is 17.4. The Morgan fingerprint density at radius 2 is 1.87 bits per heavy atom. The summed E-state index contributed by atoms with van der Waals surface area (Å²) in [4.78, 5) is 23.9. The van der Waals surface area contributed by atoms with Crippen molar-refractivity contribution in [1.82, 2.24) is 10.6 Å². The van der Waals surface area contributed by atoms with E-state index in [0.717, 1.165) is 12.8 Å². The first-order valence-electron chi connectivity index (χ1n) is 7.97. The van der Waals surface area contributed by atoms with Gasteiger partial charge in [0.05, 0.1) is 5.56 Å². The third kappa shape index (κ3) is 5.03. The average molecular weight is 322 g/mol. The van der Waals surface area contributed by atoms with Gasteiger partial charge in [-0.15, -0.1) is 0 Å². The van der Waals surface area contributed by atoms with Crippen molar-refractivity contribution in [1.29, 1.82) is 0 Å². The van der Waals surface area contributed by atoms with Gasteiger partial charge in [0.15, 0.2) is 0 Å². The highest BCUT2D eigenvalue weighted by atomic mass is 19.1. The van der Waals surface area contributed by atoms with Crippen molar-refractivity contribution in [2.45, 2.75) is 19.8 Å². The number of ether oxygens (including phenoxy) is 1. The Labute approximate surface area is 135 Å². The zero-order chi connectivity index (χ0) is 16.7. The lowest BCUT2D eigenvalue weighted by molar-refractivity contribution is -0.127. The Kier molecular flexibility index (Phi) is 6.52. The molecular weight excluding hydrogens is 299 g/mol. The smallest absolute Gasteiger partial charge is 0.254 e. The molecule has 2 amide bonds. The predicted octanol–water partition coefficient (Wildman–Crippen LogP) is 1.73. The van der Waals surface area contributed by atoms with E-state index >= 15 is 0 Å².